The Bertz CT molecular complexity index is 543. The van der Waals surface area contributed by atoms with Gasteiger partial charge in [-0.15, -0.1) is 11.3 Å². The van der Waals surface area contributed by atoms with E-state index in [9.17, 15) is 4.79 Å². The zero-order chi connectivity index (χ0) is 16.6. The molecule has 1 rings (SSSR count). The van der Waals surface area contributed by atoms with E-state index < -0.39 is 18.8 Å². The number of ether oxygens (including phenoxy) is 1. The van der Waals surface area contributed by atoms with Crippen LogP contribution >= 0.6 is 11.3 Å². The number of aromatic nitrogens is 1. The standard InChI is InChI=1S/C14H21BN2O4S/c1-14(2,3)21-13(18)16-9-7-5-4-6-8-12-17-10-11(22-12)15(19)20/h10,19-20H,4-5,7,9H2,1-3H3,(H,16,18). The van der Waals surface area contributed by atoms with Crippen LogP contribution in [-0.4, -0.2) is 40.4 Å². The number of nitrogens with one attached hydrogen (secondary N) is 1. The molecule has 0 aromatic carbocycles. The van der Waals surface area contributed by atoms with Crippen LogP contribution < -0.4 is 10.1 Å². The minimum absolute atomic E-state index is 0.380. The van der Waals surface area contributed by atoms with Crippen molar-refractivity contribution in [2.24, 2.45) is 0 Å². The number of hydrogen-bond donors (Lipinski definition) is 3. The molecule has 120 valence electrons. The minimum atomic E-state index is -1.49. The highest BCUT2D eigenvalue weighted by Gasteiger charge is 2.15. The van der Waals surface area contributed by atoms with Crippen molar-refractivity contribution in [2.75, 3.05) is 6.54 Å². The molecule has 0 radical (unpaired) electrons. The lowest BCUT2D eigenvalue weighted by molar-refractivity contribution is 0.0527. The second kappa shape index (κ2) is 8.78. The van der Waals surface area contributed by atoms with E-state index in [0.717, 1.165) is 24.2 Å². The molecule has 0 aliphatic rings. The molecule has 3 N–H and O–H groups in total. The summed E-state index contributed by atoms with van der Waals surface area (Å²) in [6.45, 7) is 6.01. The van der Waals surface area contributed by atoms with Gasteiger partial charge in [0, 0.05) is 19.2 Å². The van der Waals surface area contributed by atoms with Gasteiger partial charge in [-0.25, -0.2) is 9.78 Å². The molecule has 0 atom stereocenters. The van der Waals surface area contributed by atoms with E-state index >= 15 is 0 Å². The third kappa shape index (κ3) is 8.03. The van der Waals surface area contributed by atoms with E-state index in [4.69, 9.17) is 14.8 Å². The Morgan fingerprint density at radius 1 is 1.45 bits per heavy atom. The first-order valence-corrected chi connectivity index (χ1v) is 7.87. The Labute approximate surface area is 135 Å². The number of alkyl carbamates (subject to hydrolysis) is 1. The summed E-state index contributed by atoms with van der Waals surface area (Å²) < 4.78 is 5.50. The van der Waals surface area contributed by atoms with Crippen molar-refractivity contribution in [3.63, 3.8) is 0 Å². The van der Waals surface area contributed by atoms with Crippen LogP contribution in [0.15, 0.2) is 6.20 Å². The lowest BCUT2D eigenvalue weighted by Crippen LogP contribution is -2.32. The van der Waals surface area contributed by atoms with Crippen LogP contribution in [-0.2, 0) is 4.74 Å². The Balaban J connectivity index is 2.16. The van der Waals surface area contributed by atoms with Crippen molar-refractivity contribution in [1.82, 2.24) is 10.3 Å². The van der Waals surface area contributed by atoms with Crippen molar-refractivity contribution in [1.29, 1.82) is 0 Å². The SMILES string of the molecule is CC(C)(C)OC(=O)NCCCCC#Cc1ncc(B(O)O)s1. The number of unbranched alkanes of at least 4 members (excludes halogenated alkanes) is 2. The van der Waals surface area contributed by atoms with Gasteiger partial charge in [-0.1, -0.05) is 5.92 Å². The number of hydrogen-bond acceptors (Lipinski definition) is 6. The van der Waals surface area contributed by atoms with Gasteiger partial charge in [-0.05, 0) is 39.5 Å². The molecule has 0 aliphatic carbocycles. The fraction of sp³-hybridized carbons (Fsp3) is 0.571. The molecule has 22 heavy (non-hydrogen) atoms. The van der Waals surface area contributed by atoms with Crippen molar-refractivity contribution in [3.05, 3.63) is 11.2 Å². The second-order valence-electron chi connectivity index (χ2n) is 5.63. The molecule has 1 amide bonds. The van der Waals surface area contributed by atoms with E-state index in [2.05, 4.69) is 22.1 Å². The summed E-state index contributed by atoms with van der Waals surface area (Å²) in [5, 5.41) is 21.2. The molecule has 1 heterocycles. The van der Waals surface area contributed by atoms with Crippen LogP contribution in [0.3, 0.4) is 0 Å². The topological polar surface area (TPSA) is 91.7 Å². The molecular weight excluding hydrogens is 303 g/mol. The van der Waals surface area contributed by atoms with Gasteiger partial charge in [-0.3, -0.25) is 0 Å². The van der Waals surface area contributed by atoms with Gasteiger partial charge in [0.1, 0.15) is 5.60 Å². The third-order valence-corrected chi connectivity index (χ3v) is 3.32. The van der Waals surface area contributed by atoms with Crippen molar-refractivity contribution in [3.8, 4) is 11.8 Å². The molecule has 0 unspecified atom stereocenters. The summed E-state index contributed by atoms with van der Waals surface area (Å²) in [6.07, 6.45) is 3.35. The summed E-state index contributed by atoms with van der Waals surface area (Å²) in [4.78, 5) is 15.4. The number of carbonyl (C=O) groups excluding carboxylic acids is 1. The first-order chi connectivity index (χ1) is 10.3. The average Bonchev–Trinajstić information content (AvgIpc) is 2.84. The molecule has 0 saturated heterocycles. The van der Waals surface area contributed by atoms with Gasteiger partial charge < -0.3 is 20.1 Å². The van der Waals surface area contributed by atoms with Gasteiger partial charge in [0.25, 0.3) is 0 Å². The maximum atomic E-state index is 11.4. The van der Waals surface area contributed by atoms with Crippen LogP contribution in [0.4, 0.5) is 4.79 Å². The Hall–Kier alpha value is -1.56. The molecule has 1 aromatic rings. The first-order valence-electron chi connectivity index (χ1n) is 7.05. The van der Waals surface area contributed by atoms with E-state index in [1.807, 2.05) is 20.8 Å². The molecular formula is C14H21BN2O4S. The molecule has 0 aliphatic heterocycles. The Morgan fingerprint density at radius 2 is 2.18 bits per heavy atom. The van der Waals surface area contributed by atoms with Crippen molar-refractivity contribution in [2.45, 2.75) is 45.6 Å². The summed E-state index contributed by atoms with van der Waals surface area (Å²) in [5.74, 6) is 5.84. The smallest absolute Gasteiger partial charge is 0.444 e. The zero-order valence-corrected chi connectivity index (χ0v) is 13.9. The quantitative estimate of drug-likeness (QED) is 0.425. The van der Waals surface area contributed by atoms with E-state index in [-0.39, 0.29) is 0 Å². The highest BCUT2D eigenvalue weighted by atomic mass is 32.1. The second-order valence-corrected chi connectivity index (χ2v) is 6.69. The lowest BCUT2D eigenvalue weighted by Gasteiger charge is -2.19. The Kier molecular flexibility index (Phi) is 7.38. The number of nitrogens with zero attached hydrogens (tertiary/aromatic N) is 1. The van der Waals surface area contributed by atoms with E-state index in [1.165, 1.54) is 6.20 Å². The monoisotopic (exact) mass is 324 g/mol. The van der Waals surface area contributed by atoms with Crippen LogP contribution in [0.5, 0.6) is 0 Å². The molecule has 1 aromatic heterocycles. The van der Waals surface area contributed by atoms with Crippen LogP contribution in [0.1, 0.15) is 45.0 Å². The third-order valence-electron chi connectivity index (χ3n) is 2.37. The Morgan fingerprint density at radius 3 is 2.77 bits per heavy atom. The summed E-state index contributed by atoms with van der Waals surface area (Å²) >= 11 is 1.16. The maximum absolute atomic E-state index is 11.4. The molecule has 0 saturated carbocycles. The maximum Gasteiger partial charge on any atom is 0.500 e. The van der Waals surface area contributed by atoms with E-state index in [0.29, 0.717) is 22.7 Å². The number of thiazole rings is 1. The van der Waals surface area contributed by atoms with Gasteiger partial charge in [-0.2, -0.15) is 0 Å². The molecule has 8 heteroatoms. The zero-order valence-electron chi connectivity index (χ0n) is 13.0. The molecule has 0 bridgehead atoms. The predicted octanol–water partition coefficient (Wildman–Crippen LogP) is 0.869. The summed E-state index contributed by atoms with van der Waals surface area (Å²) in [7, 11) is -1.49. The van der Waals surface area contributed by atoms with Crippen molar-refractivity contribution >= 4 is 29.3 Å². The fourth-order valence-corrected chi connectivity index (χ4v) is 2.11. The highest BCUT2D eigenvalue weighted by Crippen LogP contribution is 2.06. The number of rotatable bonds is 5. The van der Waals surface area contributed by atoms with Crippen LogP contribution in [0, 0.1) is 11.8 Å². The fourth-order valence-electron chi connectivity index (χ4n) is 1.44. The molecule has 0 fully saturated rings. The highest BCUT2D eigenvalue weighted by molar-refractivity contribution is 7.22. The predicted molar refractivity (Wildman–Crippen MR) is 86.9 cm³/mol. The first kappa shape index (κ1) is 18.5. The number of carbonyl (C=O) groups is 1. The lowest BCUT2D eigenvalue weighted by atomic mass is 9.91. The average molecular weight is 324 g/mol. The molecule has 6 nitrogen and oxygen atoms in total. The largest absolute Gasteiger partial charge is 0.500 e. The van der Waals surface area contributed by atoms with Crippen molar-refractivity contribution < 1.29 is 19.6 Å². The van der Waals surface area contributed by atoms with Crippen LogP contribution in [0.2, 0.25) is 0 Å². The normalized spacial score (nSPS) is 10.6. The van der Waals surface area contributed by atoms with Gasteiger partial charge in [0.15, 0.2) is 5.01 Å². The number of amides is 1. The van der Waals surface area contributed by atoms with Gasteiger partial charge in [0.05, 0.1) is 4.78 Å². The summed E-state index contributed by atoms with van der Waals surface area (Å²) in [5.41, 5.74) is -0.482. The van der Waals surface area contributed by atoms with Gasteiger partial charge >= 0.3 is 13.2 Å². The minimum Gasteiger partial charge on any atom is -0.444 e. The summed E-state index contributed by atoms with van der Waals surface area (Å²) in [6, 6.07) is 0. The van der Waals surface area contributed by atoms with Gasteiger partial charge in [0.2, 0.25) is 0 Å². The van der Waals surface area contributed by atoms with E-state index in [1.54, 1.807) is 0 Å². The van der Waals surface area contributed by atoms with Crippen LogP contribution in [0.25, 0.3) is 0 Å². The molecule has 0 spiro atoms.